The number of thiophene rings is 1. The van der Waals surface area contributed by atoms with Gasteiger partial charge in [-0.05, 0) is 32.8 Å². The Hall–Kier alpha value is -1.69. The zero-order valence-electron chi connectivity index (χ0n) is 12.1. The largest absolute Gasteiger partial charge is 0.462 e. The molecule has 0 fully saturated rings. The number of fused-ring (bicyclic) bond motifs is 1. The number of aryl methyl sites for hydroxylation is 1. The van der Waals surface area contributed by atoms with Crippen molar-refractivity contribution in [3.05, 3.63) is 27.1 Å². The molecular weight excluding hydrogens is 276 g/mol. The van der Waals surface area contributed by atoms with E-state index in [-0.39, 0.29) is 17.6 Å². The second-order valence-corrected chi connectivity index (χ2v) is 5.67. The molecule has 2 aromatic rings. The number of rotatable bonds is 4. The van der Waals surface area contributed by atoms with E-state index in [0.717, 1.165) is 6.42 Å². The highest BCUT2D eigenvalue weighted by atomic mass is 32.1. The van der Waals surface area contributed by atoms with Gasteiger partial charge in [0.2, 0.25) is 0 Å². The molecule has 6 heteroatoms. The van der Waals surface area contributed by atoms with Crippen LogP contribution in [0.25, 0.3) is 10.2 Å². The van der Waals surface area contributed by atoms with Gasteiger partial charge in [-0.15, -0.1) is 11.3 Å². The molecule has 5 nitrogen and oxygen atoms in total. The van der Waals surface area contributed by atoms with Crippen LogP contribution in [0.5, 0.6) is 0 Å². The summed E-state index contributed by atoms with van der Waals surface area (Å²) in [5, 5.41) is 0.529. The van der Waals surface area contributed by atoms with Crippen LogP contribution in [0.3, 0.4) is 0 Å². The first-order valence-corrected chi connectivity index (χ1v) is 7.50. The second kappa shape index (κ2) is 5.75. The predicted molar refractivity (Wildman–Crippen MR) is 79.6 cm³/mol. The van der Waals surface area contributed by atoms with Crippen LogP contribution in [0.4, 0.5) is 0 Å². The first-order chi connectivity index (χ1) is 9.51. The third-order valence-electron chi connectivity index (χ3n) is 3.40. The maximum Gasteiger partial charge on any atom is 0.348 e. The molecule has 0 aromatic carbocycles. The van der Waals surface area contributed by atoms with Crippen molar-refractivity contribution in [2.24, 2.45) is 0 Å². The Balaban J connectivity index is 2.64. The lowest BCUT2D eigenvalue weighted by atomic mass is 10.2. The maximum atomic E-state index is 12.5. The minimum atomic E-state index is -0.387. The van der Waals surface area contributed by atoms with Gasteiger partial charge in [0.25, 0.3) is 5.56 Å². The van der Waals surface area contributed by atoms with Crippen molar-refractivity contribution < 1.29 is 9.53 Å². The van der Waals surface area contributed by atoms with Crippen molar-refractivity contribution in [1.29, 1.82) is 0 Å². The van der Waals surface area contributed by atoms with Crippen LogP contribution < -0.4 is 5.56 Å². The number of carbonyl (C=O) groups is 1. The summed E-state index contributed by atoms with van der Waals surface area (Å²) in [4.78, 5) is 29.8. The van der Waals surface area contributed by atoms with Crippen LogP contribution in [0.2, 0.25) is 0 Å². The van der Waals surface area contributed by atoms with Crippen molar-refractivity contribution >= 4 is 27.5 Å². The molecule has 0 aliphatic rings. The van der Waals surface area contributed by atoms with Gasteiger partial charge < -0.3 is 4.74 Å². The van der Waals surface area contributed by atoms with E-state index in [1.807, 2.05) is 13.8 Å². The summed E-state index contributed by atoms with van der Waals surface area (Å²) in [6.07, 6.45) is 2.41. The van der Waals surface area contributed by atoms with Crippen LogP contribution in [0.15, 0.2) is 11.1 Å². The van der Waals surface area contributed by atoms with Gasteiger partial charge in [-0.1, -0.05) is 6.92 Å². The lowest BCUT2D eigenvalue weighted by molar-refractivity contribution is 0.0531. The van der Waals surface area contributed by atoms with Crippen molar-refractivity contribution in [1.82, 2.24) is 9.55 Å². The minimum absolute atomic E-state index is 0.0877. The Labute approximate surface area is 121 Å². The standard InChI is InChI=1S/C14H18N2O3S/c1-5-8(3)16-7-15-12-10(13(16)17)9(4)11(20-12)14(18)19-6-2/h7-8H,5-6H2,1-4H3. The number of aromatic nitrogens is 2. The van der Waals surface area contributed by atoms with E-state index in [4.69, 9.17) is 4.74 Å². The third-order valence-corrected chi connectivity index (χ3v) is 4.58. The molecule has 0 aliphatic heterocycles. The molecule has 1 atom stereocenters. The zero-order chi connectivity index (χ0) is 14.9. The van der Waals surface area contributed by atoms with Gasteiger partial charge in [0.05, 0.1) is 18.3 Å². The molecule has 108 valence electrons. The smallest absolute Gasteiger partial charge is 0.348 e. The highest BCUT2D eigenvalue weighted by molar-refractivity contribution is 7.20. The summed E-state index contributed by atoms with van der Waals surface area (Å²) in [5.41, 5.74) is 0.576. The Morgan fingerprint density at radius 1 is 1.50 bits per heavy atom. The molecule has 0 bridgehead atoms. The molecule has 0 N–H and O–H groups in total. The molecule has 20 heavy (non-hydrogen) atoms. The van der Waals surface area contributed by atoms with E-state index < -0.39 is 0 Å². The Morgan fingerprint density at radius 2 is 2.20 bits per heavy atom. The van der Waals surface area contributed by atoms with Crippen molar-refractivity contribution in [2.45, 2.75) is 40.2 Å². The maximum absolute atomic E-state index is 12.5. The Bertz CT molecular complexity index is 702. The average molecular weight is 294 g/mol. The number of hydrogen-bond donors (Lipinski definition) is 0. The van der Waals surface area contributed by atoms with Crippen LogP contribution in [-0.2, 0) is 4.74 Å². The van der Waals surface area contributed by atoms with Crippen LogP contribution in [-0.4, -0.2) is 22.1 Å². The van der Waals surface area contributed by atoms with Gasteiger partial charge in [0.15, 0.2) is 0 Å². The van der Waals surface area contributed by atoms with Crippen LogP contribution >= 0.6 is 11.3 Å². The Morgan fingerprint density at radius 3 is 2.80 bits per heavy atom. The lowest BCUT2D eigenvalue weighted by Crippen LogP contribution is -2.23. The molecule has 2 rings (SSSR count). The molecular formula is C14H18N2O3S. The van der Waals surface area contributed by atoms with Crippen molar-refractivity contribution in [2.75, 3.05) is 6.61 Å². The number of nitrogens with zero attached hydrogens (tertiary/aromatic N) is 2. The molecule has 0 aliphatic carbocycles. The van der Waals surface area contributed by atoms with Crippen molar-refractivity contribution in [3.8, 4) is 0 Å². The SMILES string of the molecule is CCOC(=O)c1sc2ncn(C(C)CC)c(=O)c2c1C. The predicted octanol–water partition coefficient (Wildman–Crippen LogP) is 2.91. The molecule has 0 amide bonds. The molecule has 1 unspecified atom stereocenters. The summed E-state index contributed by atoms with van der Waals surface area (Å²) in [6, 6.07) is 0.0877. The van der Waals surface area contributed by atoms with E-state index in [0.29, 0.717) is 27.3 Å². The first kappa shape index (κ1) is 14.7. The molecule has 0 radical (unpaired) electrons. The number of esters is 1. The average Bonchev–Trinajstić information content (AvgIpc) is 2.77. The monoisotopic (exact) mass is 294 g/mol. The van der Waals surface area contributed by atoms with Gasteiger partial charge in [-0.2, -0.15) is 0 Å². The van der Waals surface area contributed by atoms with E-state index in [1.165, 1.54) is 11.3 Å². The quantitative estimate of drug-likeness (QED) is 0.813. The molecule has 0 saturated heterocycles. The molecule has 0 spiro atoms. The zero-order valence-corrected chi connectivity index (χ0v) is 12.9. The van der Waals surface area contributed by atoms with Gasteiger partial charge in [0, 0.05) is 6.04 Å². The summed E-state index contributed by atoms with van der Waals surface area (Å²) in [5.74, 6) is -0.387. The summed E-state index contributed by atoms with van der Waals surface area (Å²) in [7, 11) is 0. The fourth-order valence-electron chi connectivity index (χ4n) is 2.04. The summed E-state index contributed by atoms with van der Waals surface area (Å²) in [6.45, 7) is 7.84. The third kappa shape index (κ3) is 2.35. The normalized spacial score (nSPS) is 12.6. The highest BCUT2D eigenvalue weighted by Gasteiger charge is 2.20. The van der Waals surface area contributed by atoms with E-state index in [9.17, 15) is 9.59 Å². The first-order valence-electron chi connectivity index (χ1n) is 6.68. The fourth-order valence-corrected chi connectivity index (χ4v) is 3.07. The Kier molecular flexibility index (Phi) is 4.23. The summed E-state index contributed by atoms with van der Waals surface area (Å²) < 4.78 is 6.63. The number of ether oxygens (including phenoxy) is 1. The van der Waals surface area contributed by atoms with E-state index in [2.05, 4.69) is 4.98 Å². The topological polar surface area (TPSA) is 61.2 Å². The second-order valence-electron chi connectivity index (χ2n) is 4.67. The fraction of sp³-hybridized carbons (Fsp3) is 0.500. The van der Waals surface area contributed by atoms with Gasteiger partial charge >= 0.3 is 5.97 Å². The van der Waals surface area contributed by atoms with Crippen LogP contribution in [0, 0.1) is 6.92 Å². The lowest BCUT2D eigenvalue weighted by Gasteiger charge is -2.11. The van der Waals surface area contributed by atoms with Crippen molar-refractivity contribution in [3.63, 3.8) is 0 Å². The van der Waals surface area contributed by atoms with Crippen LogP contribution in [0.1, 0.15) is 48.5 Å². The van der Waals surface area contributed by atoms with E-state index in [1.54, 1.807) is 24.7 Å². The molecule has 0 saturated carbocycles. The molecule has 2 aromatic heterocycles. The van der Waals surface area contributed by atoms with Gasteiger partial charge in [-0.25, -0.2) is 9.78 Å². The highest BCUT2D eigenvalue weighted by Crippen LogP contribution is 2.27. The number of hydrogen-bond acceptors (Lipinski definition) is 5. The minimum Gasteiger partial charge on any atom is -0.462 e. The van der Waals surface area contributed by atoms with E-state index >= 15 is 0 Å². The van der Waals surface area contributed by atoms with Gasteiger partial charge in [-0.3, -0.25) is 9.36 Å². The summed E-state index contributed by atoms with van der Waals surface area (Å²) >= 11 is 1.22. The number of carbonyl (C=O) groups excluding carboxylic acids is 1. The molecule has 2 heterocycles. The van der Waals surface area contributed by atoms with Gasteiger partial charge in [0.1, 0.15) is 9.71 Å².